The Morgan fingerprint density at radius 1 is 1.41 bits per heavy atom. The van der Waals surface area contributed by atoms with Gasteiger partial charge in [0.05, 0.1) is 6.54 Å². The van der Waals surface area contributed by atoms with Crippen molar-refractivity contribution in [1.82, 2.24) is 15.1 Å². The minimum atomic E-state index is 0.211. The lowest BCUT2D eigenvalue weighted by molar-refractivity contribution is -0.130. The first-order chi connectivity index (χ1) is 8.04. The fraction of sp³-hybridized carbons (Fsp3) is 0.923. The molecule has 0 aromatic heterocycles. The van der Waals surface area contributed by atoms with Gasteiger partial charge in [-0.15, -0.1) is 0 Å². The fourth-order valence-electron chi connectivity index (χ4n) is 2.43. The zero-order chi connectivity index (χ0) is 12.8. The van der Waals surface area contributed by atoms with Crippen LogP contribution in [0.1, 0.15) is 26.7 Å². The van der Waals surface area contributed by atoms with E-state index in [1.165, 1.54) is 12.8 Å². The number of rotatable bonds is 5. The van der Waals surface area contributed by atoms with Gasteiger partial charge in [-0.1, -0.05) is 6.92 Å². The predicted octanol–water partition coefficient (Wildman–Crippen LogP) is 0.785. The third kappa shape index (κ3) is 4.64. The van der Waals surface area contributed by atoms with Gasteiger partial charge < -0.3 is 10.2 Å². The van der Waals surface area contributed by atoms with Crippen LogP contribution in [0.15, 0.2) is 0 Å². The van der Waals surface area contributed by atoms with E-state index in [1.54, 1.807) is 4.90 Å². The average molecular weight is 241 g/mol. The van der Waals surface area contributed by atoms with Crippen LogP contribution in [0, 0.1) is 5.92 Å². The second kappa shape index (κ2) is 6.97. The largest absolute Gasteiger partial charge is 0.348 e. The van der Waals surface area contributed by atoms with Crippen LogP contribution in [0.3, 0.4) is 0 Å². The third-order valence-corrected chi connectivity index (χ3v) is 3.72. The quantitative estimate of drug-likeness (QED) is 0.773. The van der Waals surface area contributed by atoms with Gasteiger partial charge in [-0.3, -0.25) is 9.69 Å². The van der Waals surface area contributed by atoms with Crippen LogP contribution in [-0.4, -0.2) is 62.0 Å². The number of nitrogens with zero attached hydrogens (tertiary/aromatic N) is 2. The summed E-state index contributed by atoms with van der Waals surface area (Å²) in [6, 6.07) is 0.603. The van der Waals surface area contributed by atoms with Gasteiger partial charge in [0, 0.05) is 20.1 Å². The van der Waals surface area contributed by atoms with Gasteiger partial charge >= 0.3 is 0 Å². The smallest absolute Gasteiger partial charge is 0.236 e. The summed E-state index contributed by atoms with van der Waals surface area (Å²) in [6.45, 7) is 8.16. The van der Waals surface area contributed by atoms with Crippen molar-refractivity contribution in [3.63, 3.8) is 0 Å². The molecule has 1 atom stereocenters. The van der Waals surface area contributed by atoms with Crippen LogP contribution in [0.5, 0.6) is 0 Å². The molecule has 1 aliphatic heterocycles. The number of likely N-dealkylation sites (N-methyl/N-ethyl adjacent to an activating group) is 1. The lowest BCUT2D eigenvalue weighted by Crippen LogP contribution is -2.45. The van der Waals surface area contributed by atoms with Crippen molar-refractivity contribution in [3.8, 4) is 0 Å². The third-order valence-electron chi connectivity index (χ3n) is 3.72. The standard InChI is InChI=1S/C13H27N3O/c1-5-14-11(2)12-6-8-16(9-7-12)10-13(17)15(3)4/h11-12,14H,5-10H2,1-4H3. The van der Waals surface area contributed by atoms with E-state index in [-0.39, 0.29) is 5.91 Å². The van der Waals surface area contributed by atoms with Gasteiger partial charge in [-0.05, 0) is 45.3 Å². The van der Waals surface area contributed by atoms with Gasteiger partial charge in [0.25, 0.3) is 0 Å². The van der Waals surface area contributed by atoms with E-state index in [4.69, 9.17) is 0 Å². The number of amides is 1. The minimum Gasteiger partial charge on any atom is -0.348 e. The summed E-state index contributed by atoms with van der Waals surface area (Å²) in [5.74, 6) is 0.976. The second-order valence-electron chi connectivity index (χ2n) is 5.25. The molecular weight excluding hydrogens is 214 g/mol. The van der Waals surface area contributed by atoms with Crippen molar-refractivity contribution < 1.29 is 4.79 Å². The van der Waals surface area contributed by atoms with E-state index >= 15 is 0 Å². The summed E-state index contributed by atoms with van der Waals surface area (Å²) in [5, 5.41) is 3.50. The number of hydrogen-bond donors (Lipinski definition) is 1. The van der Waals surface area contributed by atoms with Gasteiger partial charge in [0.15, 0.2) is 0 Å². The molecule has 1 heterocycles. The van der Waals surface area contributed by atoms with E-state index in [2.05, 4.69) is 24.1 Å². The summed E-state index contributed by atoms with van der Waals surface area (Å²) in [7, 11) is 3.64. The molecule has 4 heteroatoms. The Bertz CT molecular complexity index is 235. The molecule has 0 radical (unpaired) electrons. The van der Waals surface area contributed by atoms with Crippen molar-refractivity contribution >= 4 is 5.91 Å². The molecule has 1 saturated heterocycles. The number of likely N-dealkylation sites (tertiary alicyclic amines) is 1. The highest BCUT2D eigenvalue weighted by atomic mass is 16.2. The molecular formula is C13H27N3O. The van der Waals surface area contributed by atoms with E-state index in [1.807, 2.05) is 14.1 Å². The molecule has 0 spiro atoms. The Hall–Kier alpha value is -0.610. The molecule has 0 bridgehead atoms. The number of carbonyl (C=O) groups excluding carboxylic acids is 1. The van der Waals surface area contributed by atoms with Crippen molar-refractivity contribution in [3.05, 3.63) is 0 Å². The van der Waals surface area contributed by atoms with Crippen molar-refractivity contribution in [1.29, 1.82) is 0 Å². The Morgan fingerprint density at radius 3 is 2.47 bits per heavy atom. The van der Waals surface area contributed by atoms with Gasteiger partial charge in [0.1, 0.15) is 0 Å². The van der Waals surface area contributed by atoms with Gasteiger partial charge in [-0.2, -0.15) is 0 Å². The summed E-state index contributed by atoms with van der Waals surface area (Å²) in [6.07, 6.45) is 2.41. The Kier molecular flexibility index (Phi) is 5.92. The first kappa shape index (κ1) is 14.5. The minimum absolute atomic E-state index is 0.211. The highest BCUT2D eigenvalue weighted by Gasteiger charge is 2.24. The van der Waals surface area contributed by atoms with Crippen molar-refractivity contribution in [2.75, 3.05) is 40.3 Å². The maximum Gasteiger partial charge on any atom is 0.236 e. The average Bonchev–Trinajstić information content (AvgIpc) is 2.30. The number of piperidine rings is 1. The zero-order valence-corrected chi connectivity index (χ0v) is 11.7. The van der Waals surface area contributed by atoms with Crippen LogP contribution in [-0.2, 0) is 4.79 Å². The van der Waals surface area contributed by atoms with Crippen LogP contribution >= 0.6 is 0 Å². The summed E-state index contributed by atoms with van der Waals surface area (Å²) >= 11 is 0. The van der Waals surface area contributed by atoms with Crippen LogP contribution < -0.4 is 5.32 Å². The first-order valence-electron chi connectivity index (χ1n) is 6.70. The maximum absolute atomic E-state index is 11.6. The normalized spacial score (nSPS) is 20.2. The number of hydrogen-bond acceptors (Lipinski definition) is 3. The SMILES string of the molecule is CCNC(C)C1CCN(CC(=O)N(C)C)CC1. The molecule has 100 valence electrons. The topological polar surface area (TPSA) is 35.6 Å². The maximum atomic E-state index is 11.6. The van der Waals surface area contributed by atoms with E-state index in [0.717, 1.165) is 25.6 Å². The Labute approximate surface area is 105 Å². The fourth-order valence-corrected chi connectivity index (χ4v) is 2.43. The van der Waals surface area contributed by atoms with E-state index in [0.29, 0.717) is 12.6 Å². The predicted molar refractivity (Wildman–Crippen MR) is 71.0 cm³/mol. The molecule has 0 saturated carbocycles. The highest BCUT2D eigenvalue weighted by molar-refractivity contribution is 5.77. The number of carbonyl (C=O) groups is 1. The lowest BCUT2D eigenvalue weighted by Gasteiger charge is -2.35. The van der Waals surface area contributed by atoms with Gasteiger partial charge in [-0.25, -0.2) is 0 Å². The summed E-state index contributed by atoms with van der Waals surface area (Å²) in [4.78, 5) is 15.6. The molecule has 17 heavy (non-hydrogen) atoms. The van der Waals surface area contributed by atoms with E-state index < -0.39 is 0 Å². The summed E-state index contributed by atoms with van der Waals surface area (Å²) < 4.78 is 0. The molecule has 0 aromatic carbocycles. The molecule has 0 aliphatic carbocycles. The van der Waals surface area contributed by atoms with Crippen LogP contribution in [0.4, 0.5) is 0 Å². The first-order valence-corrected chi connectivity index (χ1v) is 6.70. The van der Waals surface area contributed by atoms with Crippen LogP contribution in [0.2, 0.25) is 0 Å². The molecule has 1 fully saturated rings. The molecule has 0 aromatic rings. The second-order valence-corrected chi connectivity index (χ2v) is 5.25. The Balaban J connectivity index is 2.28. The highest BCUT2D eigenvalue weighted by Crippen LogP contribution is 2.20. The molecule has 1 rings (SSSR count). The zero-order valence-electron chi connectivity index (χ0n) is 11.7. The van der Waals surface area contributed by atoms with E-state index in [9.17, 15) is 4.79 Å². The molecule has 1 amide bonds. The van der Waals surface area contributed by atoms with Crippen LogP contribution in [0.25, 0.3) is 0 Å². The molecule has 4 nitrogen and oxygen atoms in total. The lowest BCUT2D eigenvalue weighted by atomic mass is 9.90. The summed E-state index contributed by atoms with van der Waals surface area (Å²) in [5.41, 5.74) is 0. The van der Waals surface area contributed by atoms with Crippen molar-refractivity contribution in [2.45, 2.75) is 32.7 Å². The Morgan fingerprint density at radius 2 is 2.00 bits per heavy atom. The molecule has 1 N–H and O–H groups in total. The monoisotopic (exact) mass is 241 g/mol. The van der Waals surface area contributed by atoms with Crippen molar-refractivity contribution in [2.24, 2.45) is 5.92 Å². The number of nitrogens with one attached hydrogen (secondary N) is 1. The molecule has 1 unspecified atom stereocenters. The molecule has 1 aliphatic rings. The van der Waals surface area contributed by atoms with Gasteiger partial charge in [0.2, 0.25) is 5.91 Å².